The molecule has 0 saturated heterocycles. The van der Waals surface area contributed by atoms with Gasteiger partial charge in [-0.3, -0.25) is 0 Å². The summed E-state index contributed by atoms with van der Waals surface area (Å²) in [6.45, 7) is 1.72. The number of nitrogens with zero attached hydrogens (tertiary/aromatic N) is 3. The molecular formula is C16H14BrClF3N5. The summed E-state index contributed by atoms with van der Waals surface area (Å²) >= 11 is 9.39. The molecule has 3 N–H and O–H groups in total. The van der Waals surface area contributed by atoms with Crippen LogP contribution in [0.3, 0.4) is 0 Å². The lowest BCUT2D eigenvalue weighted by Gasteiger charge is -2.18. The van der Waals surface area contributed by atoms with Crippen LogP contribution in [0.25, 0.3) is 11.0 Å². The van der Waals surface area contributed by atoms with Gasteiger partial charge in [-0.05, 0) is 64.3 Å². The van der Waals surface area contributed by atoms with E-state index in [9.17, 15) is 13.2 Å². The van der Waals surface area contributed by atoms with E-state index in [4.69, 9.17) is 17.3 Å². The minimum atomic E-state index is -4.47. The van der Waals surface area contributed by atoms with E-state index < -0.39 is 17.8 Å². The molecule has 1 atom stereocenters. The highest BCUT2D eigenvalue weighted by Gasteiger charge is 2.31. The molecule has 138 valence electrons. The van der Waals surface area contributed by atoms with Gasteiger partial charge >= 0.3 is 6.18 Å². The minimum Gasteiger partial charge on any atom is -0.399 e. The number of nitrogens with two attached hydrogens (primary N) is 1. The van der Waals surface area contributed by atoms with Gasteiger partial charge in [-0.25, -0.2) is 4.98 Å². The molecule has 1 aromatic carbocycles. The van der Waals surface area contributed by atoms with Crippen LogP contribution in [-0.2, 0) is 13.2 Å². The monoisotopic (exact) mass is 447 g/mol. The number of nitrogens with one attached hydrogen (secondary N) is 1. The van der Waals surface area contributed by atoms with Gasteiger partial charge in [-0.15, -0.1) is 0 Å². The second-order valence-electron chi connectivity index (χ2n) is 5.86. The maximum Gasteiger partial charge on any atom is 0.416 e. The Morgan fingerprint density at radius 1 is 1.23 bits per heavy atom. The first-order chi connectivity index (χ1) is 12.1. The van der Waals surface area contributed by atoms with Gasteiger partial charge in [0.25, 0.3) is 0 Å². The third kappa shape index (κ3) is 3.59. The van der Waals surface area contributed by atoms with Crippen molar-refractivity contribution < 1.29 is 13.2 Å². The van der Waals surface area contributed by atoms with Crippen LogP contribution in [0.2, 0.25) is 5.28 Å². The molecule has 2 aromatic heterocycles. The molecule has 0 bridgehead atoms. The highest BCUT2D eigenvalue weighted by Crippen LogP contribution is 2.34. The van der Waals surface area contributed by atoms with Gasteiger partial charge in [0.15, 0.2) is 0 Å². The number of fused-ring (bicyclic) bond motifs is 1. The summed E-state index contributed by atoms with van der Waals surface area (Å²) < 4.78 is 41.6. The largest absolute Gasteiger partial charge is 0.416 e. The molecule has 0 unspecified atom stereocenters. The minimum absolute atomic E-state index is 0.0319. The fourth-order valence-corrected chi connectivity index (χ4v) is 3.19. The zero-order valence-corrected chi connectivity index (χ0v) is 16.0. The summed E-state index contributed by atoms with van der Waals surface area (Å²) in [6, 6.07) is 4.78. The van der Waals surface area contributed by atoms with Crippen molar-refractivity contribution in [1.82, 2.24) is 14.5 Å². The Hall–Kier alpha value is -2.00. The number of aryl methyl sites for hydroxylation is 1. The van der Waals surface area contributed by atoms with E-state index in [1.54, 1.807) is 24.6 Å². The molecule has 5 nitrogen and oxygen atoms in total. The first kappa shape index (κ1) is 18.8. The van der Waals surface area contributed by atoms with Crippen LogP contribution in [0.4, 0.5) is 24.7 Å². The Balaban J connectivity index is 2.01. The molecule has 0 fully saturated rings. The van der Waals surface area contributed by atoms with Crippen molar-refractivity contribution in [2.75, 3.05) is 11.1 Å². The van der Waals surface area contributed by atoms with Crippen molar-refractivity contribution in [3.05, 3.63) is 45.3 Å². The summed E-state index contributed by atoms with van der Waals surface area (Å²) in [5.74, 6) is 0.421. The molecule has 0 aliphatic rings. The fraction of sp³-hybridized carbons (Fsp3) is 0.250. The lowest BCUT2D eigenvalue weighted by atomic mass is 10.0. The molecule has 3 rings (SSSR count). The predicted octanol–water partition coefficient (Wildman–Crippen LogP) is 5.16. The van der Waals surface area contributed by atoms with Crippen LogP contribution in [0, 0.1) is 0 Å². The average Bonchev–Trinajstić information content (AvgIpc) is 2.81. The van der Waals surface area contributed by atoms with Gasteiger partial charge in [0, 0.05) is 12.7 Å². The number of anilines is 2. The van der Waals surface area contributed by atoms with Crippen molar-refractivity contribution in [1.29, 1.82) is 0 Å². The summed E-state index contributed by atoms with van der Waals surface area (Å²) in [4.78, 5) is 8.35. The van der Waals surface area contributed by atoms with Crippen LogP contribution in [-0.4, -0.2) is 14.5 Å². The van der Waals surface area contributed by atoms with Crippen LogP contribution >= 0.6 is 27.5 Å². The molecule has 3 aromatic rings. The predicted molar refractivity (Wildman–Crippen MR) is 99.1 cm³/mol. The Labute approximate surface area is 160 Å². The summed E-state index contributed by atoms with van der Waals surface area (Å²) in [6.07, 6.45) is -4.47. The Bertz CT molecular complexity index is 986. The molecule has 0 aliphatic carbocycles. The number of rotatable bonds is 3. The number of alkyl halides is 3. The highest BCUT2D eigenvalue weighted by molar-refractivity contribution is 9.10. The molecule has 0 spiro atoms. The lowest BCUT2D eigenvalue weighted by molar-refractivity contribution is -0.137. The van der Waals surface area contributed by atoms with Gasteiger partial charge in [-0.1, -0.05) is 0 Å². The SMILES string of the molecule is C[C@@H](Nc1nc(Cl)nc2c1cc(Br)n2C)c1cc(N)cc(C(F)(F)F)c1. The fourth-order valence-electron chi connectivity index (χ4n) is 2.63. The molecule has 0 radical (unpaired) electrons. The number of halogens is 5. The summed E-state index contributed by atoms with van der Waals surface area (Å²) in [5.41, 5.74) is 5.86. The van der Waals surface area contributed by atoms with E-state index >= 15 is 0 Å². The first-order valence-electron chi connectivity index (χ1n) is 7.49. The molecular weight excluding hydrogens is 435 g/mol. The van der Waals surface area contributed by atoms with Gasteiger partial charge in [0.2, 0.25) is 5.28 Å². The number of nitrogen functional groups attached to an aromatic ring is 1. The Kier molecular flexibility index (Phi) is 4.78. The second-order valence-corrected chi connectivity index (χ2v) is 7.01. The van der Waals surface area contributed by atoms with E-state index in [-0.39, 0.29) is 11.0 Å². The zero-order valence-electron chi connectivity index (χ0n) is 13.7. The number of benzene rings is 1. The first-order valence-corrected chi connectivity index (χ1v) is 8.66. The molecule has 2 heterocycles. The third-order valence-electron chi connectivity index (χ3n) is 3.96. The van der Waals surface area contributed by atoms with Crippen LogP contribution < -0.4 is 11.1 Å². The summed E-state index contributed by atoms with van der Waals surface area (Å²) in [5, 5.41) is 3.82. The van der Waals surface area contributed by atoms with Crippen LogP contribution in [0.1, 0.15) is 24.1 Å². The zero-order chi connectivity index (χ0) is 19.2. The normalized spacial score (nSPS) is 13.2. The molecule has 10 heteroatoms. The van der Waals surface area contributed by atoms with E-state index in [0.717, 1.165) is 16.7 Å². The molecule has 0 saturated carbocycles. The maximum absolute atomic E-state index is 13.0. The average molecular weight is 449 g/mol. The smallest absolute Gasteiger partial charge is 0.399 e. The Morgan fingerprint density at radius 3 is 2.58 bits per heavy atom. The van der Waals surface area contributed by atoms with Crippen molar-refractivity contribution in [2.45, 2.75) is 19.1 Å². The number of aromatic nitrogens is 3. The van der Waals surface area contributed by atoms with Crippen molar-refractivity contribution in [3.8, 4) is 0 Å². The van der Waals surface area contributed by atoms with Gasteiger partial charge in [0.05, 0.1) is 21.6 Å². The van der Waals surface area contributed by atoms with E-state index in [0.29, 0.717) is 22.4 Å². The second kappa shape index (κ2) is 6.62. The maximum atomic E-state index is 13.0. The molecule has 0 amide bonds. The van der Waals surface area contributed by atoms with E-state index in [1.807, 2.05) is 0 Å². The van der Waals surface area contributed by atoms with Crippen LogP contribution in [0.15, 0.2) is 28.9 Å². The molecule has 26 heavy (non-hydrogen) atoms. The molecule has 0 aliphatic heterocycles. The van der Waals surface area contributed by atoms with Gasteiger partial charge in [0.1, 0.15) is 11.5 Å². The quantitative estimate of drug-likeness (QED) is 0.429. The topological polar surface area (TPSA) is 68.8 Å². The van der Waals surface area contributed by atoms with Crippen molar-refractivity contribution >= 4 is 50.1 Å². The number of hydrogen-bond donors (Lipinski definition) is 2. The third-order valence-corrected chi connectivity index (χ3v) is 4.89. The van der Waals surface area contributed by atoms with E-state index in [2.05, 4.69) is 31.2 Å². The van der Waals surface area contributed by atoms with E-state index in [1.165, 1.54) is 6.07 Å². The standard InChI is InChI=1S/C16H14BrClF3N5/c1-7(8-3-9(16(19,20)21)5-10(22)4-8)23-13-11-6-12(17)26(2)14(11)25-15(18)24-13/h3-7H,22H2,1-2H3,(H,23,24,25)/t7-/m1/s1. The van der Waals surface area contributed by atoms with Gasteiger partial charge < -0.3 is 15.6 Å². The number of hydrogen-bond acceptors (Lipinski definition) is 4. The van der Waals surface area contributed by atoms with Crippen molar-refractivity contribution in [3.63, 3.8) is 0 Å². The Morgan fingerprint density at radius 2 is 1.92 bits per heavy atom. The van der Waals surface area contributed by atoms with Crippen molar-refractivity contribution in [2.24, 2.45) is 7.05 Å². The summed E-state index contributed by atoms with van der Waals surface area (Å²) in [7, 11) is 1.80. The highest BCUT2D eigenvalue weighted by atomic mass is 79.9. The van der Waals surface area contributed by atoms with Gasteiger partial charge in [-0.2, -0.15) is 18.2 Å². The lowest BCUT2D eigenvalue weighted by Crippen LogP contribution is -2.12. The van der Waals surface area contributed by atoms with Crippen LogP contribution in [0.5, 0.6) is 0 Å².